The van der Waals surface area contributed by atoms with E-state index >= 15 is 0 Å². The van der Waals surface area contributed by atoms with Crippen LogP contribution in [0.4, 0.5) is 0 Å². The molecule has 0 bridgehead atoms. The molecule has 0 unspecified atom stereocenters. The smallest absolute Gasteiger partial charge is 0.185 e. The summed E-state index contributed by atoms with van der Waals surface area (Å²) in [6, 6.07) is 16.0. The SMILES string of the molecule is CCC(=CC(=O)c1cc(C)cc(C)c1)COCc1ccccc1. The van der Waals surface area contributed by atoms with E-state index in [1.807, 2.05) is 63.2 Å². The van der Waals surface area contributed by atoms with Gasteiger partial charge >= 0.3 is 0 Å². The minimum absolute atomic E-state index is 0.0527. The summed E-state index contributed by atoms with van der Waals surface area (Å²) in [7, 11) is 0. The van der Waals surface area contributed by atoms with Crippen molar-refractivity contribution in [2.45, 2.75) is 33.8 Å². The Hall–Kier alpha value is -2.19. The maximum absolute atomic E-state index is 12.4. The van der Waals surface area contributed by atoms with Crippen LogP contribution >= 0.6 is 0 Å². The largest absolute Gasteiger partial charge is 0.372 e. The lowest BCUT2D eigenvalue weighted by Gasteiger charge is -2.08. The fourth-order valence-corrected chi connectivity index (χ4v) is 2.51. The van der Waals surface area contributed by atoms with Gasteiger partial charge in [-0.25, -0.2) is 0 Å². The zero-order chi connectivity index (χ0) is 16.7. The van der Waals surface area contributed by atoms with Gasteiger partial charge in [-0.15, -0.1) is 0 Å². The van der Waals surface area contributed by atoms with Gasteiger partial charge in [0.15, 0.2) is 5.78 Å². The normalized spacial score (nSPS) is 11.5. The summed E-state index contributed by atoms with van der Waals surface area (Å²) >= 11 is 0. The molecule has 2 nitrogen and oxygen atoms in total. The highest BCUT2D eigenvalue weighted by Gasteiger charge is 2.06. The molecule has 2 rings (SSSR count). The van der Waals surface area contributed by atoms with Crippen molar-refractivity contribution >= 4 is 5.78 Å². The highest BCUT2D eigenvalue weighted by molar-refractivity contribution is 6.05. The maximum Gasteiger partial charge on any atom is 0.185 e. The fourth-order valence-electron chi connectivity index (χ4n) is 2.51. The van der Waals surface area contributed by atoms with E-state index in [0.717, 1.165) is 34.2 Å². The molecule has 0 atom stereocenters. The number of rotatable bonds is 7. The zero-order valence-electron chi connectivity index (χ0n) is 14.1. The second-order valence-corrected chi connectivity index (χ2v) is 5.88. The van der Waals surface area contributed by atoms with Crippen LogP contribution in [0.15, 0.2) is 60.2 Å². The van der Waals surface area contributed by atoms with Crippen molar-refractivity contribution in [2.75, 3.05) is 6.61 Å². The van der Waals surface area contributed by atoms with Crippen LogP contribution in [-0.2, 0) is 11.3 Å². The number of carbonyl (C=O) groups is 1. The van der Waals surface area contributed by atoms with Gasteiger partial charge in [0, 0.05) is 5.56 Å². The Morgan fingerprint density at radius 3 is 2.30 bits per heavy atom. The molecular weight excluding hydrogens is 284 g/mol. The fraction of sp³-hybridized carbons (Fsp3) is 0.286. The number of aryl methyl sites for hydroxylation is 2. The van der Waals surface area contributed by atoms with E-state index in [1.165, 1.54) is 0 Å². The van der Waals surface area contributed by atoms with Gasteiger partial charge < -0.3 is 4.74 Å². The van der Waals surface area contributed by atoms with Crippen LogP contribution < -0.4 is 0 Å². The van der Waals surface area contributed by atoms with Crippen LogP contribution in [0.25, 0.3) is 0 Å². The van der Waals surface area contributed by atoms with Gasteiger partial charge in [-0.3, -0.25) is 4.79 Å². The number of ether oxygens (including phenoxy) is 1. The summed E-state index contributed by atoms with van der Waals surface area (Å²) in [5, 5.41) is 0. The van der Waals surface area contributed by atoms with Crippen LogP contribution in [0.1, 0.15) is 40.4 Å². The van der Waals surface area contributed by atoms with Crippen LogP contribution in [0, 0.1) is 13.8 Å². The first-order valence-corrected chi connectivity index (χ1v) is 8.02. The minimum Gasteiger partial charge on any atom is -0.372 e. The number of ketones is 1. The second-order valence-electron chi connectivity index (χ2n) is 5.88. The van der Waals surface area contributed by atoms with E-state index in [4.69, 9.17) is 4.74 Å². The Balaban J connectivity index is 1.98. The molecule has 0 aromatic heterocycles. The molecule has 2 aromatic rings. The molecule has 0 radical (unpaired) electrons. The molecule has 0 aliphatic carbocycles. The van der Waals surface area contributed by atoms with Crippen LogP contribution in [-0.4, -0.2) is 12.4 Å². The molecule has 2 aromatic carbocycles. The Kier molecular flexibility index (Phi) is 6.30. The van der Waals surface area contributed by atoms with Crippen molar-refractivity contribution in [1.29, 1.82) is 0 Å². The molecule has 0 heterocycles. The summed E-state index contributed by atoms with van der Waals surface area (Å²) in [6.07, 6.45) is 2.53. The lowest BCUT2D eigenvalue weighted by Crippen LogP contribution is -2.03. The molecule has 23 heavy (non-hydrogen) atoms. The predicted octanol–water partition coefficient (Wildman–Crippen LogP) is 5.04. The van der Waals surface area contributed by atoms with E-state index in [-0.39, 0.29) is 5.78 Å². The number of hydrogen-bond donors (Lipinski definition) is 0. The molecule has 0 saturated carbocycles. The summed E-state index contributed by atoms with van der Waals surface area (Å²) in [5.74, 6) is 0.0527. The maximum atomic E-state index is 12.4. The quantitative estimate of drug-likeness (QED) is 0.529. The monoisotopic (exact) mass is 308 g/mol. The Morgan fingerprint density at radius 2 is 1.70 bits per heavy atom. The van der Waals surface area contributed by atoms with Crippen molar-refractivity contribution in [1.82, 2.24) is 0 Å². The van der Waals surface area contributed by atoms with Crippen molar-refractivity contribution in [3.63, 3.8) is 0 Å². The zero-order valence-corrected chi connectivity index (χ0v) is 14.1. The lowest BCUT2D eigenvalue weighted by atomic mass is 10.0. The highest BCUT2D eigenvalue weighted by atomic mass is 16.5. The van der Waals surface area contributed by atoms with E-state index in [0.29, 0.717) is 13.2 Å². The third-order valence-corrected chi connectivity index (χ3v) is 3.69. The molecule has 120 valence electrons. The van der Waals surface area contributed by atoms with Gasteiger partial charge in [-0.1, -0.05) is 54.4 Å². The Labute approximate surface area is 138 Å². The molecule has 0 aliphatic heterocycles. The van der Waals surface area contributed by atoms with Crippen LogP contribution in [0.5, 0.6) is 0 Å². The molecule has 0 amide bonds. The van der Waals surface area contributed by atoms with Gasteiger partial charge in [-0.2, -0.15) is 0 Å². The molecule has 0 fully saturated rings. The lowest BCUT2D eigenvalue weighted by molar-refractivity contribution is 0.104. The van der Waals surface area contributed by atoms with E-state index in [9.17, 15) is 4.79 Å². The van der Waals surface area contributed by atoms with Crippen molar-refractivity contribution < 1.29 is 9.53 Å². The van der Waals surface area contributed by atoms with Crippen LogP contribution in [0.2, 0.25) is 0 Å². The molecule has 0 N–H and O–H groups in total. The Bertz CT molecular complexity index is 664. The summed E-state index contributed by atoms with van der Waals surface area (Å²) in [4.78, 5) is 12.4. The highest BCUT2D eigenvalue weighted by Crippen LogP contribution is 2.13. The molecule has 2 heteroatoms. The van der Waals surface area contributed by atoms with Gasteiger partial charge in [-0.05, 0) is 49.6 Å². The number of allylic oxidation sites excluding steroid dienone is 1. The van der Waals surface area contributed by atoms with E-state index < -0.39 is 0 Å². The van der Waals surface area contributed by atoms with E-state index in [2.05, 4.69) is 6.07 Å². The van der Waals surface area contributed by atoms with Gasteiger partial charge in [0.1, 0.15) is 0 Å². The van der Waals surface area contributed by atoms with Crippen LogP contribution in [0.3, 0.4) is 0 Å². The topological polar surface area (TPSA) is 26.3 Å². The Morgan fingerprint density at radius 1 is 1.04 bits per heavy atom. The van der Waals surface area contributed by atoms with Gasteiger partial charge in [0.25, 0.3) is 0 Å². The number of benzene rings is 2. The van der Waals surface area contributed by atoms with E-state index in [1.54, 1.807) is 6.08 Å². The first-order valence-electron chi connectivity index (χ1n) is 8.02. The predicted molar refractivity (Wildman–Crippen MR) is 94.7 cm³/mol. The van der Waals surface area contributed by atoms with Crippen molar-refractivity contribution in [3.8, 4) is 0 Å². The first-order chi connectivity index (χ1) is 11.1. The van der Waals surface area contributed by atoms with Gasteiger partial charge in [0.05, 0.1) is 13.2 Å². The molecule has 0 spiro atoms. The van der Waals surface area contributed by atoms with Crippen molar-refractivity contribution in [3.05, 3.63) is 82.4 Å². The summed E-state index contributed by atoms with van der Waals surface area (Å²) in [6.45, 7) is 7.12. The third-order valence-electron chi connectivity index (χ3n) is 3.69. The second kappa shape index (κ2) is 8.44. The minimum atomic E-state index is 0.0527. The third kappa shape index (κ3) is 5.50. The molecule has 0 aliphatic rings. The number of carbonyl (C=O) groups excluding carboxylic acids is 1. The average Bonchev–Trinajstić information content (AvgIpc) is 2.54. The first kappa shape index (κ1) is 17.2. The molecular formula is C21H24O2. The summed E-state index contributed by atoms with van der Waals surface area (Å²) < 4.78 is 5.74. The molecule has 0 saturated heterocycles. The van der Waals surface area contributed by atoms with Gasteiger partial charge in [0.2, 0.25) is 0 Å². The van der Waals surface area contributed by atoms with Crippen molar-refractivity contribution in [2.24, 2.45) is 0 Å². The average molecular weight is 308 g/mol. The standard InChI is InChI=1S/C21H24O2/c1-4-18(14-23-15-19-8-6-5-7-9-19)13-21(22)20-11-16(2)10-17(3)12-20/h5-13H,4,14-15H2,1-3H3. The number of hydrogen-bond acceptors (Lipinski definition) is 2. The summed E-state index contributed by atoms with van der Waals surface area (Å²) in [5.41, 5.74) is 5.13.